The third-order valence-electron chi connectivity index (χ3n) is 3.97. The van der Waals surface area contributed by atoms with Crippen molar-refractivity contribution in [3.8, 4) is 0 Å². The van der Waals surface area contributed by atoms with Crippen molar-refractivity contribution in [1.82, 2.24) is 4.98 Å². The first kappa shape index (κ1) is 19.8. The fraction of sp³-hybridized carbons (Fsp3) is 0.368. The van der Waals surface area contributed by atoms with Crippen LogP contribution in [0.1, 0.15) is 20.8 Å². The molecule has 0 fully saturated rings. The predicted octanol–water partition coefficient (Wildman–Crippen LogP) is 2.43. The van der Waals surface area contributed by atoms with Gasteiger partial charge in [-0.3, -0.25) is 9.69 Å². The van der Waals surface area contributed by atoms with E-state index in [0.29, 0.717) is 5.52 Å². The molecular formula is C19H20N2O6S. The van der Waals surface area contributed by atoms with Gasteiger partial charge in [-0.25, -0.2) is 14.6 Å². The van der Waals surface area contributed by atoms with Crippen molar-refractivity contribution in [2.75, 3.05) is 24.7 Å². The number of para-hydroxylation sites is 1. The summed E-state index contributed by atoms with van der Waals surface area (Å²) >= 11 is 1.24. The molecule has 1 aromatic carbocycles. The predicted molar refractivity (Wildman–Crippen MR) is 103 cm³/mol. The van der Waals surface area contributed by atoms with Crippen LogP contribution in [0.4, 0.5) is 5.13 Å². The maximum absolute atomic E-state index is 13.1. The van der Waals surface area contributed by atoms with Crippen molar-refractivity contribution in [2.45, 2.75) is 26.8 Å². The lowest BCUT2D eigenvalue weighted by Gasteiger charge is -2.21. The van der Waals surface area contributed by atoms with Crippen molar-refractivity contribution < 1.29 is 28.6 Å². The van der Waals surface area contributed by atoms with Crippen LogP contribution >= 0.6 is 11.3 Å². The Labute approximate surface area is 165 Å². The first-order valence-electron chi connectivity index (χ1n) is 8.93. The van der Waals surface area contributed by atoms with Gasteiger partial charge < -0.3 is 14.2 Å². The maximum atomic E-state index is 13.1. The maximum Gasteiger partial charge on any atom is 0.340 e. The summed E-state index contributed by atoms with van der Waals surface area (Å²) in [7, 11) is 0. The minimum absolute atomic E-state index is 0.0899. The van der Waals surface area contributed by atoms with Crippen LogP contribution in [0, 0.1) is 0 Å². The number of amides is 1. The van der Waals surface area contributed by atoms with Gasteiger partial charge in [-0.2, -0.15) is 0 Å². The zero-order valence-electron chi connectivity index (χ0n) is 15.8. The first-order valence-corrected chi connectivity index (χ1v) is 9.74. The van der Waals surface area contributed by atoms with E-state index in [1.165, 1.54) is 11.3 Å². The van der Waals surface area contributed by atoms with Crippen LogP contribution < -0.4 is 4.90 Å². The first-order chi connectivity index (χ1) is 13.5. The average molecular weight is 404 g/mol. The Kier molecular flexibility index (Phi) is 5.93. The molecule has 0 saturated heterocycles. The molecule has 0 spiro atoms. The number of benzene rings is 1. The van der Waals surface area contributed by atoms with E-state index in [1.54, 1.807) is 26.8 Å². The van der Waals surface area contributed by atoms with Gasteiger partial charge in [0.1, 0.15) is 5.57 Å². The molecule has 2 heterocycles. The fourth-order valence-electron chi connectivity index (χ4n) is 2.90. The molecule has 1 unspecified atom stereocenters. The summed E-state index contributed by atoms with van der Waals surface area (Å²) in [5.41, 5.74) is 0.520. The van der Waals surface area contributed by atoms with Crippen molar-refractivity contribution in [3.05, 3.63) is 35.6 Å². The lowest BCUT2D eigenvalue weighted by Crippen LogP contribution is -2.43. The van der Waals surface area contributed by atoms with Gasteiger partial charge >= 0.3 is 11.9 Å². The lowest BCUT2D eigenvalue weighted by atomic mass is 10.1. The van der Waals surface area contributed by atoms with E-state index in [2.05, 4.69) is 4.98 Å². The highest BCUT2D eigenvalue weighted by molar-refractivity contribution is 7.22. The topological polar surface area (TPSA) is 95.0 Å². The molecule has 0 radical (unpaired) electrons. The Morgan fingerprint density at radius 2 is 1.82 bits per heavy atom. The molecule has 2 aromatic rings. The van der Waals surface area contributed by atoms with Crippen LogP contribution in [0.3, 0.4) is 0 Å². The number of aromatic nitrogens is 1. The van der Waals surface area contributed by atoms with Gasteiger partial charge in [-0.15, -0.1) is 0 Å². The number of rotatable bonds is 7. The van der Waals surface area contributed by atoms with E-state index in [0.717, 1.165) is 9.60 Å². The van der Waals surface area contributed by atoms with Crippen LogP contribution in [0.2, 0.25) is 0 Å². The molecule has 148 valence electrons. The quantitative estimate of drug-likeness (QED) is 0.654. The van der Waals surface area contributed by atoms with Gasteiger partial charge in [0.2, 0.25) is 0 Å². The molecule has 1 aliphatic rings. The number of thiazole rings is 1. The fourth-order valence-corrected chi connectivity index (χ4v) is 3.89. The highest BCUT2D eigenvalue weighted by Gasteiger charge is 2.51. The molecule has 0 aliphatic carbocycles. The SMILES string of the molecule is CCOC(=O)C1=C(OCC)C(=O)N(c2nc3ccccc3s2)C1C(=O)OCC. The number of hydrogen-bond donors (Lipinski definition) is 0. The van der Waals surface area contributed by atoms with Crippen LogP contribution in [0.25, 0.3) is 10.2 Å². The van der Waals surface area contributed by atoms with Crippen molar-refractivity contribution in [3.63, 3.8) is 0 Å². The van der Waals surface area contributed by atoms with E-state index in [-0.39, 0.29) is 36.3 Å². The molecule has 8 nitrogen and oxygen atoms in total. The number of carbonyl (C=O) groups excluding carboxylic acids is 3. The molecular weight excluding hydrogens is 384 g/mol. The standard InChI is InChI=1S/C19H20N2O6S/c1-4-25-15-13(17(23)26-5-2)14(18(24)27-6-3)21(16(15)22)19-20-11-9-7-8-10-12(11)28-19/h7-10,14H,4-6H2,1-3H3. The van der Waals surface area contributed by atoms with Crippen molar-refractivity contribution in [1.29, 1.82) is 0 Å². The average Bonchev–Trinajstić information content (AvgIpc) is 3.21. The summed E-state index contributed by atoms with van der Waals surface area (Å²) in [6.07, 6.45) is 0. The number of nitrogens with zero attached hydrogens (tertiary/aromatic N) is 2. The molecule has 28 heavy (non-hydrogen) atoms. The molecule has 1 amide bonds. The molecule has 9 heteroatoms. The molecule has 1 atom stereocenters. The van der Waals surface area contributed by atoms with Gasteiger partial charge in [-0.05, 0) is 32.9 Å². The number of hydrogen-bond acceptors (Lipinski definition) is 8. The summed E-state index contributed by atoms with van der Waals surface area (Å²) in [5.74, 6) is -2.37. The van der Waals surface area contributed by atoms with Gasteiger partial charge in [0, 0.05) is 0 Å². The zero-order chi connectivity index (χ0) is 20.3. The van der Waals surface area contributed by atoms with E-state index in [4.69, 9.17) is 14.2 Å². The minimum atomic E-state index is -1.31. The molecule has 1 aromatic heterocycles. The van der Waals surface area contributed by atoms with Gasteiger partial charge in [-0.1, -0.05) is 23.5 Å². The van der Waals surface area contributed by atoms with Gasteiger partial charge in [0.15, 0.2) is 16.9 Å². The van der Waals surface area contributed by atoms with Crippen LogP contribution in [-0.2, 0) is 28.6 Å². The van der Waals surface area contributed by atoms with E-state index < -0.39 is 23.9 Å². The second kappa shape index (κ2) is 8.39. The Balaban J connectivity index is 2.14. The van der Waals surface area contributed by atoms with Gasteiger partial charge in [0.25, 0.3) is 5.91 Å². The Morgan fingerprint density at radius 1 is 1.11 bits per heavy atom. The largest absolute Gasteiger partial charge is 0.488 e. The van der Waals surface area contributed by atoms with Gasteiger partial charge in [0.05, 0.1) is 30.0 Å². The van der Waals surface area contributed by atoms with E-state index in [1.807, 2.05) is 18.2 Å². The summed E-state index contributed by atoms with van der Waals surface area (Å²) < 4.78 is 16.5. The number of anilines is 1. The summed E-state index contributed by atoms with van der Waals surface area (Å²) in [5, 5.41) is 0.278. The third kappa shape index (κ3) is 3.45. The van der Waals surface area contributed by atoms with Crippen LogP contribution in [0.5, 0.6) is 0 Å². The van der Waals surface area contributed by atoms with Crippen LogP contribution in [-0.4, -0.2) is 48.7 Å². The molecule has 0 saturated carbocycles. The van der Waals surface area contributed by atoms with Crippen molar-refractivity contribution in [2.24, 2.45) is 0 Å². The van der Waals surface area contributed by atoms with Crippen LogP contribution in [0.15, 0.2) is 35.6 Å². The number of fused-ring (bicyclic) bond motifs is 1. The molecule has 1 aliphatic heterocycles. The highest BCUT2D eigenvalue weighted by atomic mass is 32.1. The van der Waals surface area contributed by atoms with E-state index >= 15 is 0 Å². The minimum Gasteiger partial charge on any atom is -0.488 e. The number of ether oxygens (including phenoxy) is 3. The summed E-state index contributed by atoms with van der Waals surface area (Å²) in [4.78, 5) is 44.0. The highest BCUT2D eigenvalue weighted by Crippen LogP contribution is 2.37. The summed E-state index contributed by atoms with van der Waals surface area (Å²) in [6.45, 7) is 5.30. The zero-order valence-corrected chi connectivity index (χ0v) is 16.6. The number of esters is 2. The number of carbonyl (C=O) groups is 3. The van der Waals surface area contributed by atoms with Crippen molar-refractivity contribution >= 4 is 44.5 Å². The molecule has 3 rings (SSSR count). The smallest absolute Gasteiger partial charge is 0.340 e. The second-order valence-electron chi connectivity index (χ2n) is 5.69. The monoisotopic (exact) mass is 404 g/mol. The Hall–Kier alpha value is -2.94. The normalized spacial score (nSPS) is 16.6. The van der Waals surface area contributed by atoms with E-state index in [9.17, 15) is 14.4 Å². The molecule has 0 N–H and O–H groups in total. The summed E-state index contributed by atoms with van der Waals surface area (Å²) in [6, 6.07) is 6.03. The second-order valence-corrected chi connectivity index (χ2v) is 6.70. The lowest BCUT2D eigenvalue weighted by molar-refractivity contribution is -0.147. The Bertz CT molecular complexity index is 918. The third-order valence-corrected chi connectivity index (χ3v) is 5.01. The molecule has 0 bridgehead atoms. The Morgan fingerprint density at radius 3 is 2.46 bits per heavy atom.